The van der Waals surface area contributed by atoms with Crippen molar-refractivity contribution in [3.8, 4) is 0 Å². The molecule has 14 heavy (non-hydrogen) atoms. The Labute approximate surface area is 87.7 Å². The van der Waals surface area contributed by atoms with Crippen LogP contribution in [0.25, 0.3) is 0 Å². The van der Waals surface area contributed by atoms with Crippen molar-refractivity contribution in [1.29, 1.82) is 0 Å². The molecule has 0 N–H and O–H groups in total. The predicted octanol–water partition coefficient (Wildman–Crippen LogP) is 4.24. The lowest BCUT2D eigenvalue weighted by atomic mass is 9.91. The van der Waals surface area contributed by atoms with E-state index in [9.17, 15) is 0 Å². The number of benzene rings is 1. The van der Waals surface area contributed by atoms with Gasteiger partial charge >= 0.3 is 0 Å². The minimum Gasteiger partial charge on any atom is -0.103 e. The van der Waals surface area contributed by atoms with Crippen LogP contribution >= 0.6 is 0 Å². The Morgan fingerprint density at radius 2 is 2.14 bits per heavy atom. The van der Waals surface area contributed by atoms with Crippen LogP contribution in [-0.4, -0.2) is 0 Å². The van der Waals surface area contributed by atoms with Gasteiger partial charge in [-0.05, 0) is 42.4 Å². The zero-order valence-electron chi connectivity index (χ0n) is 9.51. The molecule has 0 saturated heterocycles. The first-order chi connectivity index (χ1) is 6.70. The highest BCUT2D eigenvalue weighted by Crippen LogP contribution is 2.24. The summed E-state index contributed by atoms with van der Waals surface area (Å²) in [5.74, 6) is 0.666. The molecule has 1 rings (SSSR count). The molecule has 0 aromatic heterocycles. The lowest BCUT2D eigenvalue weighted by Gasteiger charge is -2.15. The largest absolute Gasteiger partial charge is 0.103 e. The molecule has 1 atom stereocenters. The van der Waals surface area contributed by atoms with E-state index >= 15 is 0 Å². The maximum Gasteiger partial charge on any atom is -0.00974 e. The Balaban J connectivity index is 3.06. The van der Waals surface area contributed by atoms with E-state index in [1.54, 1.807) is 0 Å². The first kappa shape index (κ1) is 11.0. The SMILES string of the molecule is C=CCc1cccc(C(C)CC)c1C. The van der Waals surface area contributed by atoms with Gasteiger partial charge in [0.1, 0.15) is 0 Å². The van der Waals surface area contributed by atoms with Gasteiger partial charge in [0.25, 0.3) is 0 Å². The molecule has 1 aromatic rings. The molecule has 0 heteroatoms. The second kappa shape index (κ2) is 4.99. The fourth-order valence-electron chi connectivity index (χ4n) is 1.83. The Kier molecular flexibility index (Phi) is 3.94. The molecule has 0 aliphatic carbocycles. The van der Waals surface area contributed by atoms with E-state index in [0.29, 0.717) is 5.92 Å². The van der Waals surface area contributed by atoms with Gasteiger partial charge in [0, 0.05) is 0 Å². The van der Waals surface area contributed by atoms with Crippen LogP contribution in [-0.2, 0) is 6.42 Å². The standard InChI is InChI=1S/C14H20/c1-5-8-13-9-7-10-14(12(13)4)11(3)6-2/h5,7,9-11H,1,6,8H2,2-4H3. The van der Waals surface area contributed by atoms with Gasteiger partial charge in [-0.3, -0.25) is 0 Å². The van der Waals surface area contributed by atoms with E-state index < -0.39 is 0 Å². The summed E-state index contributed by atoms with van der Waals surface area (Å²) in [6, 6.07) is 6.60. The topological polar surface area (TPSA) is 0 Å². The number of hydrogen-bond acceptors (Lipinski definition) is 0. The zero-order valence-corrected chi connectivity index (χ0v) is 9.51. The second-order valence-corrected chi connectivity index (χ2v) is 3.93. The summed E-state index contributed by atoms with van der Waals surface area (Å²) in [5.41, 5.74) is 4.35. The monoisotopic (exact) mass is 188 g/mol. The van der Waals surface area contributed by atoms with Crippen LogP contribution in [0.4, 0.5) is 0 Å². The normalized spacial score (nSPS) is 12.5. The number of hydrogen-bond donors (Lipinski definition) is 0. The Hall–Kier alpha value is -1.04. The Bertz CT molecular complexity index is 310. The van der Waals surface area contributed by atoms with Crippen molar-refractivity contribution >= 4 is 0 Å². The molecule has 0 aliphatic rings. The van der Waals surface area contributed by atoms with Gasteiger partial charge in [0.2, 0.25) is 0 Å². The Morgan fingerprint density at radius 3 is 2.71 bits per heavy atom. The molecule has 1 aromatic carbocycles. The highest BCUT2D eigenvalue weighted by molar-refractivity contribution is 5.37. The summed E-state index contributed by atoms with van der Waals surface area (Å²) in [6.45, 7) is 10.5. The van der Waals surface area contributed by atoms with E-state index in [1.807, 2.05) is 6.08 Å². The fraction of sp³-hybridized carbons (Fsp3) is 0.429. The van der Waals surface area contributed by atoms with Crippen molar-refractivity contribution in [1.82, 2.24) is 0 Å². The van der Waals surface area contributed by atoms with Crippen LogP contribution in [0.1, 0.15) is 42.9 Å². The summed E-state index contributed by atoms with van der Waals surface area (Å²) in [6.07, 6.45) is 4.16. The molecule has 0 bridgehead atoms. The quantitative estimate of drug-likeness (QED) is 0.620. The van der Waals surface area contributed by atoms with Crippen LogP contribution in [0.15, 0.2) is 30.9 Å². The van der Waals surface area contributed by atoms with Crippen molar-refractivity contribution in [3.63, 3.8) is 0 Å². The highest BCUT2D eigenvalue weighted by Gasteiger charge is 2.07. The van der Waals surface area contributed by atoms with Gasteiger partial charge in [-0.15, -0.1) is 6.58 Å². The van der Waals surface area contributed by atoms with Crippen LogP contribution < -0.4 is 0 Å². The van der Waals surface area contributed by atoms with Crippen molar-refractivity contribution in [2.75, 3.05) is 0 Å². The Morgan fingerprint density at radius 1 is 1.43 bits per heavy atom. The van der Waals surface area contributed by atoms with Gasteiger partial charge in [-0.1, -0.05) is 38.1 Å². The summed E-state index contributed by atoms with van der Waals surface area (Å²) in [7, 11) is 0. The summed E-state index contributed by atoms with van der Waals surface area (Å²) in [4.78, 5) is 0. The maximum absolute atomic E-state index is 3.79. The molecule has 0 spiro atoms. The van der Waals surface area contributed by atoms with Crippen LogP contribution in [0.3, 0.4) is 0 Å². The lowest BCUT2D eigenvalue weighted by molar-refractivity contribution is 0.726. The first-order valence-electron chi connectivity index (χ1n) is 5.40. The van der Waals surface area contributed by atoms with E-state index in [2.05, 4.69) is 45.5 Å². The molecule has 0 radical (unpaired) electrons. The highest BCUT2D eigenvalue weighted by atomic mass is 14.1. The van der Waals surface area contributed by atoms with Crippen molar-refractivity contribution < 1.29 is 0 Å². The predicted molar refractivity (Wildman–Crippen MR) is 63.8 cm³/mol. The van der Waals surface area contributed by atoms with Crippen LogP contribution in [0.2, 0.25) is 0 Å². The second-order valence-electron chi connectivity index (χ2n) is 3.93. The third-order valence-corrected chi connectivity index (χ3v) is 3.00. The third-order valence-electron chi connectivity index (χ3n) is 3.00. The van der Waals surface area contributed by atoms with E-state index in [1.165, 1.54) is 23.1 Å². The molecule has 0 amide bonds. The van der Waals surface area contributed by atoms with Gasteiger partial charge in [0.15, 0.2) is 0 Å². The molecular formula is C14H20. The number of allylic oxidation sites excluding steroid dienone is 1. The van der Waals surface area contributed by atoms with Gasteiger partial charge in [-0.2, -0.15) is 0 Å². The van der Waals surface area contributed by atoms with Crippen LogP contribution in [0.5, 0.6) is 0 Å². The van der Waals surface area contributed by atoms with Crippen LogP contribution in [0, 0.1) is 6.92 Å². The summed E-state index contributed by atoms with van der Waals surface area (Å²) in [5, 5.41) is 0. The summed E-state index contributed by atoms with van der Waals surface area (Å²) < 4.78 is 0. The lowest BCUT2D eigenvalue weighted by Crippen LogP contribution is -1.98. The van der Waals surface area contributed by atoms with Gasteiger partial charge in [0.05, 0.1) is 0 Å². The summed E-state index contributed by atoms with van der Waals surface area (Å²) >= 11 is 0. The maximum atomic E-state index is 3.79. The molecular weight excluding hydrogens is 168 g/mol. The molecule has 0 aliphatic heterocycles. The average molecular weight is 188 g/mol. The number of rotatable bonds is 4. The smallest absolute Gasteiger partial charge is 0.00974 e. The minimum absolute atomic E-state index is 0.666. The van der Waals surface area contributed by atoms with Gasteiger partial charge < -0.3 is 0 Å². The fourth-order valence-corrected chi connectivity index (χ4v) is 1.83. The van der Waals surface area contributed by atoms with E-state index in [0.717, 1.165) is 6.42 Å². The molecule has 1 unspecified atom stereocenters. The van der Waals surface area contributed by atoms with Gasteiger partial charge in [-0.25, -0.2) is 0 Å². The average Bonchev–Trinajstić information content (AvgIpc) is 2.20. The minimum atomic E-state index is 0.666. The van der Waals surface area contributed by atoms with E-state index in [4.69, 9.17) is 0 Å². The zero-order chi connectivity index (χ0) is 10.6. The first-order valence-corrected chi connectivity index (χ1v) is 5.40. The van der Waals surface area contributed by atoms with Crippen molar-refractivity contribution in [3.05, 3.63) is 47.5 Å². The third kappa shape index (κ3) is 2.25. The molecule has 0 heterocycles. The van der Waals surface area contributed by atoms with E-state index in [-0.39, 0.29) is 0 Å². The van der Waals surface area contributed by atoms with Crippen molar-refractivity contribution in [2.24, 2.45) is 0 Å². The molecule has 0 saturated carbocycles. The molecule has 76 valence electrons. The van der Waals surface area contributed by atoms with Crippen molar-refractivity contribution in [2.45, 2.75) is 39.5 Å². The molecule has 0 fully saturated rings. The molecule has 0 nitrogen and oxygen atoms in total.